The van der Waals surface area contributed by atoms with Crippen LogP contribution in [0.4, 0.5) is 5.69 Å². The van der Waals surface area contributed by atoms with Gasteiger partial charge >= 0.3 is 0 Å². The van der Waals surface area contributed by atoms with Crippen molar-refractivity contribution >= 4 is 27.3 Å². The van der Waals surface area contributed by atoms with Crippen LogP contribution in [0.1, 0.15) is 39.5 Å². The molecule has 7 heteroatoms. The highest BCUT2D eigenvalue weighted by atomic mass is 32.2. The number of hydrogen-bond acceptors (Lipinski definition) is 4. The van der Waals surface area contributed by atoms with Crippen LogP contribution in [0.5, 0.6) is 0 Å². The maximum absolute atomic E-state index is 13.3. The lowest BCUT2D eigenvalue weighted by Crippen LogP contribution is -2.27. The van der Waals surface area contributed by atoms with Gasteiger partial charge in [-0.05, 0) is 36.2 Å². The van der Waals surface area contributed by atoms with Gasteiger partial charge in [-0.1, -0.05) is 60.7 Å². The Kier molecular flexibility index (Phi) is 5.61. The van der Waals surface area contributed by atoms with Crippen LogP contribution >= 0.6 is 0 Å². The quantitative estimate of drug-likeness (QED) is 0.649. The second kappa shape index (κ2) is 8.35. The molecule has 31 heavy (non-hydrogen) atoms. The van der Waals surface area contributed by atoms with Crippen molar-refractivity contribution < 1.29 is 13.2 Å². The van der Waals surface area contributed by atoms with Crippen molar-refractivity contribution in [2.24, 2.45) is 5.10 Å². The average Bonchev–Trinajstić information content (AvgIpc) is 3.18. The second-order valence-corrected chi connectivity index (χ2v) is 9.31. The van der Waals surface area contributed by atoms with Crippen LogP contribution in [0.25, 0.3) is 0 Å². The summed E-state index contributed by atoms with van der Waals surface area (Å²) in [7, 11) is -3.46. The number of anilines is 1. The first-order valence-corrected chi connectivity index (χ1v) is 11.8. The summed E-state index contributed by atoms with van der Waals surface area (Å²) < 4.78 is 26.2. The maximum atomic E-state index is 13.3. The minimum atomic E-state index is -3.46. The molecule has 1 heterocycles. The molecule has 1 amide bonds. The lowest BCUT2D eigenvalue weighted by atomic mass is 9.94. The zero-order valence-electron chi connectivity index (χ0n) is 17.3. The van der Waals surface area contributed by atoms with E-state index in [1.807, 2.05) is 61.5 Å². The number of amides is 1. The minimum Gasteiger partial charge on any atom is -0.283 e. The molecule has 1 aliphatic rings. The third-order valence-corrected chi connectivity index (χ3v) is 5.81. The number of carbonyl (C=O) groups excluding carboxylic acids is 1. The zero-order chi connectivity index (χ0) is 22.0. The van der Waals surface area contributed by atoms with Crippen LogP contribution < -0.4 is 4.72 Å². The number of sulfonamides is 1. The van der Waals surface area contributed by atoms with E-state index in [1.165, 1.54) is 5.01 Å². The molecule has 1 aliphatic heterocycles. The molecule has 3 aromatic carbocycles. The van der Waals surface area contributed by atoms with Gasteiger partial charge in [0, 0.05) is 17.5 Å². The molecule has 0 saturated heterocycles. The molecule has 0 saturated carbocycles. The molecule has 3 aromatic rings. The Balaban J connectivity index is 1.79. The standard InChI is InChI=1S/C24H23N3O3S/c1-17-10-6-7-13-19(17)23-16-22(20-14-8-9-15-21(20)26-31(2,29)30)25-27(23)24(28)18-11-4-3-5-12-18/h3-15,23,26H,16H2,1-2H3. The average molecular weight is 434 g/mol. The molecule has 1 atom stereocenters. The molecule has 0 bridgehead atoms. The van der Waals surface area contributed by atoms with Gasteiger partial charge in [0.05, 0.1) is 23.7 Å². The highest BCUT2D eigenvalue weighted by molar-refractivity contribution is 7.92. The molecule has 0 aliphatic carbocycles. The lowest BCUT2D eigenvalue weighted by molar-refractivity contribution is 0.0711. The van der Waals surface area contributed by atoms with E-state index < -0.39 is 10.0 Å². The highest BCUT2D eigenvalue weighted by Crippen LogP contribution is 2.36. The number of rotatable bonds is 5. The first-order valence-electron chi connectivity index (χ1n) is 9.92. The Morgan fingerprint density at radius 1 is 0.968 bits per heavy atom. The normalized spacial score (nSPS) is 16.1. The molecular formula is C24H23N3O3S. The number of carbonyl (C=O) groups is 1. The molecule has 0 aromatic heterocycles. The lowest BCUT2D eigenvalue weighted by Gasteiger charge is -2.23. The second-order valence-electron chi connectivity index (χ2n) is 7.56. The van der Waals surface area contributed by atoms with Gasteiger partial charge in [0.15, 0.2) is 0 Å². The summed E-state index contributed by atoms with van der Waals surface area (Å²) in [5.74, 6) is -0.197. The van der Waals surface area contributed by atoms with Gasteiger partial charge in [-0.2, -0.15) is 5.10 Å². The number of aryl methyl sites for hydroxylation is 1. The Hall–Kier alpha value is -3.45. The number of benzene rings is 3. The van der Waals surface area contributed by atoms with Gasteiger partial charge < -0.3 is 0 Å². The van der Waals surface area contributed by atoms with Crippen LogP contribution in [-0.2, 0) is 10.0 Å². The molecule has 0 fully saturated rings. The zero-order valence-corrected chi connectivity index (χ0v) is 18.1. The van der Waals surface area contributed by atoms with Crippen molar-refractivity contribution in [1.82, 2.24) is 5.01 Å². The molecule has 0 radical (unpaired) electrons. The van der Waals surface area contributed by atoms with E-state index in [-0.39, 0.29) is 11.9 Å². The number of nitrogens with one attached hydrogen (secondary N) is 1. The highest BCUT2D eigenvalue weighted by Gasteiger charge is 2.35. The van der Waals surface area contributed by atoms with Crippen LogP contribution in [0.3, 0.4) is 0 Å². The molecule has 158 valence electrons. The van der Waals surface area contributed by atoms with E-state index >= 15 is 0 Å². The van der Waals surface area contributed by atoms with E-state index in [4.69, 9.17) is 0 Å². The molecule has 1 unspecified atom stereocenters. The smallest absolute Gasteiger partial charge is 0.274 e. The van der Waals surface area contributed by atoms with Crippen LogP contribution in [-0.4, -0.2) is 31.3 Å². The number of hydrogen-bond donors (Lipinski definition) is 1. The monoisotopic (exact) mass is 433 g/mol. The first kappa shape index (κ1) is 20.8. The maximum Gasteiger partial charge on any atom is 0.274 e. The fraction of sp³-hybridized carbons (Fsp3) is 0.167. The Labute approximate surface area is 182 Å². The Bertz CT molecular complexity index is 1250. The van der Waals surface area contributed by atoms with Crippen LogP contribution in [0.2, 0.25) is 0 Å². The van der Waals surface area contributed by atoms with Crippen molar-refractivity contribution in [3.8, 4) is 0 Å². The summed E-state index contributed by atoms with van der Waals surface area (Å²) in [6.45, 7) is 2.01. The summed E-state index contributed by atoms with van der Waals surface area (Å²) in [5, 5.41) is 6.21. The predicted molar refractivity (Wildman–Crippen MR) is 123 cm³/mol. The molecule has 1 N–H and O–H groups in total. The van der Waals surface area contributed by atoms with E-state index in [1.54, 1.807) is 24.3 Å². The van der Waals surface area contributed by atoms with E-state index in [0.29, 0.717) is 28.9 Å². The Morgan fingerprint density at radius 3 is 2.32 bits per heavy atom. The van der Waals surface area contributed by atoms with E-state index in [9.17, 15) is 13.2 Å². The van der Waals surface area contributed by atoms with Gasteiger partial charge in [-0.25, -0.2) is 13.4 Å². The third kappa shape index (κ3) is 4.51. The number of hydrazone groups is 1. The molecule has 4 rings (SSSR count). The third-order valence-electron chi connectivity index (χ3n) is 5.22. The Morgan fingerprint density at radius 2 is 1.61 bits per heavy atom. The number of nitrogens with zero attached hydrogens (tertiary/aromatic N) is 2. The molecule has 0 spiro atoms. The van der Waals surface area contributed by atoms with Crippen molar-refractivity contribution in [3.05, 3.63) is 101 Å². The van der Waals surface area contributed by atoms with Crippen molar-refractivity contribution in [2.75, 3.05) is 11.0 Å². The summed E-state index contributed by atoms with van der Waals surface area (Å²) in [6, 6.07) is 23.8. The van der Waals surface area contributed by atoms with Crippen LogP contribution in [0.15, 0.2) is 84.0 Å². The predicted octanol–water partition coefficient (Wildman–Crippen LogP) is 4.36. The van der Waals surface area contributed by atoms with Gasteiger partial charge in [0.25, 0.3) is 5.91 Å². The minimum absolute atomic E-state index is 0.197. The molecule has 6 nitrogen and oxygen atoms in total. The SMILES string of the molecule is Cc1ccccc1C1CC(c2ccccc2NS(C)(=O)=O)=NN1C(=O)c1ccccc1. The van der Waals surface area contributed by atoms with Crippen molar-refractivity contribution in [3.63, 3.8) is 0 Å². The first-order chi connectivity index (χ1) is 14.8. The van der Waals surface area contributed by atoms with E-state index in [2.05, 4.69) is 9.82 Å². The summed E-state index contributed by atoms with van der Waals surface area (Å²) in [4.78, 5) is 13.3. The van der Waals surface area contributed by atoms with Crippen molar-refractivity contribution in [1.29, 1.82) is 0 Å². The van der Waals surface area contributed by atoms with Crippen LogP contribution in [0, 0.1) is 6.92 Å². The fourth-order valence-corrected chi connectivity index (χ4v) is 4.38. The van der Waals surface area contributed by atoms with Gasteiger partial charge in [-0.15, -0.1) is 0 Å². The largest absolute Gasteiger partial charge is 0.283 e. The van der Waals surface area contributed by atoms with E-state index in [0.717, 1.165) is 17.4 Å². The van der Waals surface area contributed by atoms with Gasteiger partial charge in [0.1, 0.15) is 0 Å². The summed E-state index contributed by atoms with van der Waals surface area (Å²) >= 11 is 0. The fourth-order valence-electron chi connectivity index (χ4n) is 3.80. The molecular weight excluding hydrogens is 410 g/mol. The van der Waals surface area contributed by atoms with Crippen molar-refractivity contribution in [2.45, 2.75) is 19.4 Å². The summed E-state index contributed by atoms with van der Waals surface area (Å²) in [6.07, 6.45) is 1.59. The summed E-state index contributed by atoms with van der Waals surface area (Å²) in [5.41, 5.74) is 4.39. The van der Waals surface area contributed by atoms with Gasteiger partial charge in [0.2, 0.25) is 10.0 Å². The topological polar surface area (TPSA) is 78.8 Å². The van der Waals surface area contributed by atoms with Gasteiger partial charge in [-0.3, -0.25) is 9.52 Å². The number of para-hydroxylation sites is 1.